The monoisotopic (exact) mass is 571 g/mol. The topological polar surface area (TPSA) is 110 Å². The molecule has 0 unspecified atom stereocenters. The molecule has 9 nitrogen and oxygen atoms in total. The summed E-state index contributed by atoms with van der Waals surface area (Å²) in [5.74, 6) is 0.602. The molecular formula is C26H30ClN7O2S2. The van der Waals surface area contributed by atoms with Gasteiger partial charge in [0.05, 0.1) is 52.5 Å². The Morgan fingerprint density at radius 3 is 2.79 bits per heavy atom. The number of aromatic nitrogens is 3. The molecule has 1 aliphatic carbocycles. The number of halogens is 1. The highest BCUT2D eigenvalue weighted by atomic mass is 35.5. The van der Waals surface area contributed by atoms with Crippen LogP contribution < -0.4 is 10.6 Å². The lowest BCUT2D eigenvalue weighted by molar-refractivity contribution is 0.0745. The van der Waals surface area contributed by atoms with Gasteiger partial charge in [0.15, 0.2) is 0 Å². The number of thiazole rings is 1. The minimum absolute atomic E-state index is 0.0136. The smallest absolute Gasteiger partial charge is 0.257 e. The number of hydrogen-bond donors (Lipinski definition) is 1. The third-order valence-electron chi connectivity index (χ3n) is 7.50. The minimum Gasteiger partial charge on any atom is -0.383 e. The first-order valence-corrected chi connectivity index (χ1v) is 14.4. The summed E-state index contributed by atoms with van der Waals surface area (Å²) in [7, 11) is 3.29. The predicted molar refractivity (Wildman–Crippen MR) is 152 cm³/mol. The standard InChI is InChI=1S/C26H30ClN7O2S2/c1-29-16-4-5-17(22(27)21(16)25(35)33(2)10-11-36-3)38-20-14-30-19(13-31-20)34-8-6-26(7-9-34)12-18-23(24(26)28)32-15-37-18/h4-5,13-15,24H,1,6-12,28H2,2-3H3/t24-/m0/s1. The van der Waals surface area contributed by atoms with Crippen LogP contribution in [0.15, 0.2) is 45.0 Å². The number of methoxy groups -OCH3 is 1. The largest absolute Gasteiger partial charge is 0.383 e. The van der Waals surface area contributed by atoms with Gasteiger partial charge in [0.25, 0.3) is 5.91 Å². The van der Waals surface area contributed by atoms with Crippen molar-refractivity contribution < 1.29 is 9.53 Å². The van der Waals surface area contributed by atoms with E-state index in [1.54, 1.807) is 48.9 Å². The zero-order chi connectivity index (χ0) is 26.9. The average molecular weight is 572 g/mol. The van der Waals surface area contributed by atoms with E-state index in [1.165, 1.54) is 16.6 Å². The molecule has 2 N–H and O–H groups in total. The number of nitrogens with zero attached hydrogens (tertiary/aromatic N) is 6. The van der Waals surface area contributed by atoms with E-state index in [4.69, 9.17) is 22.1 Å². The molecular weight excluding hydrogens is 542 g/mol. The number of carbonyl (C=O) groups excluding carboxylic acids is 1. The molecule has 0 saturated carbocycles. The van der Waals surface area contributed by atoms with Gasteiger partial charge in [-0.25, -0.2) is 15.0 Å². The number of benzene rings is 1. The molecule has 12 heteroatoms. The summed E-state index contributed by atoms with van der Waals surface area (Å²) >= 11 is 9.78. The van der Waals surface area contributed by atoms with Crippen molar-refractivity contribution in [2.45, 2.75) is 35.2 Å². The molecule has 1 atom stereocenters. The van der Waals surface area contributed by atoms with E-state index in [2.05, 4.69) is 31.6 Å². The highest BCUT2D eigenvalue weighted by Crippen LogP contribution is 2.51. The first-order chi connectivity index (χ1) is 18.4. The fraction of sp³-hybridized carbons (Fsp3) is 0.423. The third-order valence-corrected chi connectivity index (χ3v) is 9.83. The van der Waals surface area contributed by atoms with E-state index in [0.717, 1.165) is 43.9 Å². The van der Waals surface area contributed by atoms with E-state index in [1.807, 2.05) is 11.6 Å². The van der Waals surface area contributed by atoms with E-state index >= 15 is 0 Å². The van der Waals surface area contributed by atoms with Crippen molar-refractivity contribution in [3.8, 4) is 0 Å². The van der Waals surface area contributed by atoms with Crippen LogP contribution in [-0.2, 0) is 11.2 Å². The molecule has 38 heavy (non-hydrogen) atoms. The molecule has 1 amide bonds. The molecule has 1 spiro atoms. The fourth-order valence-electron chi connectivity index (χ4n) is 5.17. The summed E-state index contributed by atoms with van der Waals surface area (Å²) in [6, 6.07) is 3.58. The van der Waals surface area contributed by atoms with Crippen LogP contribution in [-0.4, -0.2) is 72.9 Å². The average Bonchev–Trinajstić information content (AvgIpc) is 3.49. The highest BCUT2D eigenvalue weighted by Gasteiger charge is 2.47. The van der Waals surface area contributed by atoms with Gasteiger partial charge in [-0.1, -0.05) is 23.4 Å². The number of nitrogens with two attached hydrogens (primary N) is 1. The zero-order valence-electron chi connectivity index (χ0n) is 21.4. The van der Waals surface area contributed by atoms with Crippen LogP contribution in [0.25, 0.3) is 0 Å². The molecule has 3 heterocycles. The summed E-state index contributed by atoms with van der Waals surface area (Å²) in [5.41, 5.74) is 10.5. The summed E-state index contributed by atoms with van der Waals surface area (Å²) in [6.45, 7) is 6.21. The van der Waals surface area contributed by atoms with Crippen molar-refractivity contribution in [3.63, 3.8) is 0 Å². The van der Waals surface area contributed by atoms with Crippen LogP contribution in [0.3, 0.4) is 0 Å². The maximum atomic E-state index is 13.1. The van der Waals surface area contributed by atoms with Crippen LogP contribution >= 0.6 is 34.7 Å². The SMILES string of the molecule is C=Nc1ccc(Sc2cnc(N3CCC4(CC3)Cc3scnc3[C@@H]4N)cn2)c(Cl)c1C(=O)N(C)CCOC. The normalized spacial score (nSPS) is 18.0. The summed E-state index contributed by atoms with van der Waals surface area (Å²) in [6.07, 6.45) is 6.58. The molecule has 0 radical (unpaired) electrons. The van der Waals surface area contributed by atoms with E-state index in [0.29, 0.717) is 39.3 Å². The maximum absolute atomic E-state index is 13.1. The molecule has 3 aromatic rings. The Bertz CT molecular complexity index is 1330. The lowest BCUT2D eigenvalue weighted by atomic mass is 9.73. The Balaban J connectivity index is 1.26. The van der Waals surface area contributed by atoms with Crippen LogP contribution in [0.2, 0.25) is 5.02 Å². The number of anilines is 1. The number of amides is 1. The first-order valence-electron chi connectivity index (χ1n) is 12.3. The number of carbonyl (C=O) groups is 1. The number of rotatable bonds is 8. The molecule has 1 aromatic carbocycles. The van der Waals surface area contributed by atoms with Gasteiger partial charge in [-0.15, -0.1) is 11.3 Å². The lowest BCUT2D eigenvalue weighted by Gasteiger charge is -2.42. The van der Waals surface area contributed by atoms with Gasteiger partial charge < -0.3 is 20.3 Å². The van der Waals surface area contributed by atoms with Gasteiger partial charge in [0.2, 0.25) is 0 Å². The predicted octanol–water partition coefficient (Wildman–Crippen LogP) is 4.63. The van der Waals surface area contributed by atoms with Crippen molar-refractivity contribution in [1.29, 1.82) is 0 Å². The van der Waals surface area contributed by atoms with Gasteiger partial charge in [-0.2, -0.15) is 0 Å². The lowest BCUT2D eigenvalue weighted by Crippen LogP contribution is -2.44. The van der Waals surface area contributed by atoms with Crippen LogP contribution in [0.4, 0.5) is 11.5 Å². The Hall–Kier alpha value is -2.57. The number of aliphatic imine (C=N–C) groups is 1. The number of likely N-dealkylation sites (N-methyl/N-ethyl adjacent to an activating group) is 1. The van der Waals surface area contributed by atoms with Gasteiger partial charge in [-0.3, -0.25) is 9.79 Å². The van der Waals surface area contributed by atoms with Crippen molar-refractivity contribution >= 4 is 58.8 Å². The minimum atomic E-state index is -0.242. The molecule has 5 rings (SSSR count). The van der Waals surface area contributed by atoms with E-state index in [9.17, 15) is 4.79 Å². The first kappa shape index (κ1) is 27.0. The van der Waals surface area contributed by atoms with Gasteiger partial charge in [0, 0.05) is 43.6 Å². The number of ether oxygens (including phenoxy) is 1. The van der Waals surface area contributed by atoms with Crippen LogP contribution in [0.5, 0.6) is 0 Å². The molecule has 1 saturated heterocycles. The van der Waals surface area contributed by atoms with E-state index < -0.39 is 0 Å². The number of fused-ring (bicyclic) bond motifs is 1. The Labute approximate surface area is 235 Å². The van der Waals surface area contributed by atoms with Crippen molar-refractivity contribution in [1.82, 2.24) is 19.9 Å². The molecule has 200 valence electrons. The summed E-state index contributed by atoms with van der Waals surface area (Å²) in [5, 5.41) is 1.00. The van der Waals surface area contributed by atoms with E-state index in [-0.39, 0.29) is 17.4 Å². The quantitative estimate of drug-likeness (QED) is 0.390. The maximum Gasteiger partial charge on any atom is 0.257 e. The fourth-order valence-corrected chi connectivity index (χ4v) is 7.26. The number of piperidine rings is 1. The highest BCUT2D eigenvalue weighted by molar-refractivity contribution is 7.99. The summed E-state index contributed by atoms with van der Waals surface area (Å²) in [4.78, 5) is 36.8. The Kier molecular flexibility index (Phi) is 8.01. The second-order valence-electron chi connectivity index (χ2n) is 9.63. The molecule has 2 aliphatic rings. The Morgan fingerprint density at radius 2 is 2.13 bits per heavy atom. The summed E-state index contributed by atoms with van der Waals surface area (Å²) < 4.78 is 5.09. The van der Waals surface area contributed by atoms with Gasteiger partial charge in [-0.05, 0) is 43.5 Å². The second kappa shape index (κ2) is 11.3. The van der Waals surface area contributed by atoms with Crippen molar-refractivity contribution in [3.05, 3.63) is 51.2 Å². The Morgan fingerprint density at radius 1 is 1.34 bits per heavy atom. The van der Waals surface area contributed by atoms with Crippen molar-refractivity contribution in [2.75, 3.05) is 45.3 Å². The van der Waals surface area contributed by atoms with Crippen LogP contribution in [0, 0.1) is 5.41 Å². The number of hydrogen-bond acceptors (Lipinski definition) is 10. The molecule has 2 aromatic heterocycles. The van der Waals surface area contributed by atoms with Crippen molar-refractivity contribution in [2.24, 2.45) is 16.1 Å². The van der Waals surface area contributed by atoms with Gasteiger partial charge >= 0.3 is 0 Å². The molecule has 1 fully saturated rings. The van der Waals surface area contributed by atoms with Crippen LogP contribution in [0.1, 0.15) is 39.8 Å². The third kappa shape index (κ3) is 5.05. The second-order valence-corrected chi connectivity index (χ2v) is 12.0. The molecule has 0 bridgehead atoms. The molecule has 1 aliphatic heterocycles. The zero-order valence-corrected chi connectivity index (χ0v) is 23.8. The van der Waals surface area contributed by atoms with Gasteiger partial charge in [0.1, 0.15) is 10.8 Å².